The van der Waals surface area contributed by atoms with Gasteiger partial charge in [0.15, 0.2) is 6.73 Å². The Labute approximate surface area is 358 Å². The summed E-state index contributed by atoms with van der Waals surface area (Å²) < 4.78 is 11.2. The molecule has 60 heavy (non-hydrogen) atoms. The molecule has 4 aromatic carbocycles. The number of thioether (sulfide) groups is 2. The van der Waals surface area contributed by atoms with E-state index in [9.17, 15) is 29.4 Å². The topological polar surface area (TPSA) is 191 Å². The zero-order valence-corrected chi connectivity index (χ0v) is 35.4. The Morgan fingerprint density at radius 2 is 1.17 bits per heavy atom. The van der Waals surface area contributed by atoms with Gasteiger partial charge in [0, 0.05) is 38.0 Å². The molecule has 0 aromatic heterocycles. The van der Waals surface area contributed by atoms with E-state index in [1.54, 1.807) is 72.7 Å². The monoisotopic (exact) mass is 856 g/mol. The number of nitrogens with zero attached hydrogens (tertiary/aromatic N) is 1. The van der Waals surface area contributed by atoms with Crippen LogP contribution < -0.4 is 36.1 Å². The van der Waals surface area contributed by atoms with Crippen molar-refractivity contribution in [2.45, 2.75) is 61.0 Å². The minimum absolute atomic E-state index is 0.0186. The molecule has 14 nitrogen and oxygen atoms in total. The van der Waals surface area contributed by atoms with Crippen molar-refractivity contribution in [1.29, 1.82) is 0 Å². The number of carbonyl (C=O) groups is 4. The van der Waals surface area contributed by atoms with Crippen LogP contribution in [0, 0.1) is 11.8 Å². The number of phenolic OH excluding ortho intramolecular Hbond substituents is 2. The summed E-state index contributed by atoms with van der Waals surface area (Å²) in [7, 11) is 1.60. The lowest BCUT2D eigenvalue weighted by Crippen LogP contribution is -2.56. The van der Waals surface area contributed by atoms with Gasteiger partial charge < -0.3 is 46.3 Å². The van der Waals surface area contributed by atoms with Crippen LogP contribution in [0.3, 0.4) is 0 Å². The molecule has 7 N–H and O–H groups in total. The van der Waals surface area contributed by atoms with Gasteiger partial charge in [-0.05, 0) is 83.6 Å². The predicted octanol–water partition coefficient (Wildman–Crippen LogP) is 5.33. The summed E-state index contributed by atoms with van der Waals surface area (Å²) in [6.07, 6.45) is 0.820. The van der Waals surface area contributed by atoms with Crippen LogP contribution in [0.15, 0.2) is 97.1 Å². The number of aromatic hydroxyl groups is 2. The van der Waals surface area contributed by atoms with E-state index in [-0.39, 0.29) is 71.2 Å². The van der Waals surface area contributed by atoms with E-state index in [0.717, 1.165) is 28.0 Å². The fourth-order valence-electron chi connectivity index (χ4n) is 6.67. The van der Waals surface area contributed by atoms with Crippen LogP contribution in [0.5, 0.6) is 23.0 Å². The second-order valence-corrected chi connectivity index (χ2v) is 17.7. The number of hydrogen-bond acceptors (Lipinski definition) is 10. The molecule has 0 radical (unpaired) electrons. The van der Waals surface area contributed by atoms with E-state index < -0.39 is 10.5 Å². The zero-order valence-electron chi connectivity index (χ0n) is 33.8. The first-order chi connectivity index (χ1) is 28.9. The van der Waals surface area contributed by atoms with Gasteiger partial charge in [0.1, 0.15) is 23.0 Å². The Morgan fingerprint density at radius 3 is 1.67 bits per heavy atom. The summed E-state index contributed by atoms with van der Waals surface area (Å²) in [5.74, 6) is 1.34. The molecule has 6 amide bonds. The average Bonchev–Trinajstić information content (AvgIpc) is 3.25. The maximum atomic E-state index is 13.6. The van der Waals surface area contributed by atoms with E-state index in [1.807, 2.05) is 50.2 Å². The fourth-order valence-corrected chi connectivity index (χ4v) is 9.43. The molecule has 4 aromatic rings. The summed E-state index contributed by atoms with van der Waals surface area (Å²) >= 11 is 2.82. The molecule has 0 bridgehead atoms. The molecule has 6 atom stereocenters. The minimum atomic E-state index is -0.517. The van der Waals surface area contributed by atoms with Crippen molar-refractivity contribution in [3.8, 4) is 23.0 Å². The molecule has 16 heteroatoms. The summed E-state index contributed by atoms with van der Waals surface area (Å²) in [5.41, 5.74) is 3.55. The summed E-state index contributed by atoms with van der Waals surface area (Å²) in [5, 5.41) is 32.8. The van der Waals surface area contributed by atoms with Crippen LogP contribution in [0.2, 0.25) is 0 Å². The highest BCUT2D eigenvalue weighted by Crippen LogP contribution is 2.30. The van der Waals surface area contributed by atoms with E-state index in [1.165, 1.54) is 23.5 Å². The van der Waals surface area contributed by atoms with Gasteiger partial charge >= 0.3 is 12.1 Å². The molecule has 2 aliphatic rings. The molecule has 0 spiro atoms. The highest BCUT2D eigenvalue weighted by molar-refractivity contribution is 8.01. The van der Waals surface area contributed by atoms with E-state index in [4.69, 9.17) is 9.47 Å². The molecular formula is C44H52N6O8S2. The number of phenols is 2. The quantitative estimate of drug-likeness (QED) is 0.0690. The molecule has 2 heterocycles. The molecule has 4 unspecified atom stereocenters. The summed E-state index contributed by atoms with van der Waals surface area (Å²) in [6.45, 7) is 5.60. The Kier molecular flexibility index (Phi) is 15.3. The van der Waals surface area contributed by atoms with Crippen LogP contribution in [0.25, 0.3) is 0 Å². The number of ether oxygens (including phenoxy) is 2. The first-order valence-electron chi connectivity index (χ1n) is 19.8. The standard InChI is InChI=1S/C44H52N6O8S2/c1-27-22-47-43(55)48-41(27)59-37(20-29-4-12-33(51)13-5-29)39(53)46-24-32-10-18-36(19-11-32)58-26-50-25-28(2)42(49-44(50)56)60-38(21-30-6-14-34(52)15-7-30)40(54)45-23-31-8-16-35(57-3)17-9-31/h4-19,27-28,37-38,41-42,51-52H,20-26H2,1-3H3,(H,45,54)(H,46,53)(H,49,56)(H2,47,48,55)/t27?,28?,37-,38+,41?,42?/m1/s1. The number of rotatable bonds is 18. The highest BCUT2D eigenvalue weighted by Gasteiger charge is 2.35. The Balaban J connectivity index is 0.999. The lowest BCUT2D eigenvalue weighted by Gasteiger charge is -2.38. The lowest BCUT2D eigenvalue weighted by molar-refractivity contribution is -0.121. The molecular weight excluding hydrogens is 805 g/mol. The fraction of sp³-hybridized carbons (Fsp3) is 0.364. The second kappa shape index (κ2) is 21.0. The maximum Gasteiger partial charge on any atom is 0.320 e. The van der Waals surface area contributed by atoms with Gasteiger partial charge in [-0.2, -0.15) is 0 Å². The SMILES string of the molecule is COc1ccc(CNC(=O)[C@H](Cc2ccc(O)cc2)SC2NC(=O)N(COc3ccc(CNC(=O)[C@@H](Cc4ccc(O)cc4)SC4NC(=O)NCC4C)cc3)CC2C)cc1. The van der Waals surface area contributed by atoms with Gasteiger partial charge in [0.2, 0.25) is 11.8 Å². The normalized spacial score (nSPS) is 19.8. The van der Waals surface area contributed by atoms with Crippen molar-refractivity contribution in [3.63, 3.8) is 0 Å². The Bertz CT molecular complexity index is 2060. The lowest BCUT2D eigenvalue weighted by atomic mass is 10.1. The van der Waals surface area contributed by atoms with Gasteiger partial charge in [-0.1, -0.05) is 62.4 Å². The van der Waals surface area contributed by atoms with Crippen molar-refractivity contribution < 1.29 is 38.9 Å². The average molecular weight is 857 g/mol. The number of amides is 6. The molecule has 2 saturated heterocycles. The van der Waals surface area contributed by atoms with Gasteiger partial charge in [-0.25, -0.2) is 9.59 Å². The van der Waals surface area contributed by atoms with E-state index in [2.05, 4.69) is 26.6 Å². The number of carbonyl (C=O) groups excluding carboxylic acids is 4. The van der Waals surface area contributed by atoms with Crippen molar-refractivity contribution in [1.82, 2.24) is 31.5 Å². The number of urea groups is 2. The maximum absolute atomic E-state index is 13.6. The minimum Gasteiger partial charge on any atom is -0.508 e. The van der Waals surface area contributed by atoms with E-state index >= 15 is 0 Å². The van der Waals surface area contributed by atoms with E-state index in [0.29, 0.717) is 38.2 Å². The van der Waals surface area contributed by atoms with Gasteiger partial charge in [-0.15, -0.1) is 23.5 Å². The third-order valence-corrected chi connectivity index (χ3v) is 13.4. The first kappa shape index (κ1) is 43.8. The highest BCUT2D eigenvalue weighted by atomic mass is 32.2. The summed E-state index contributed by atoms with van der Waals surface area (Å²) in [4.78, 5) is 54.1. The van der Waals surface area contributed by atoms with Crippen LogP contribution in [0.1, 0.15) is 36.1 Å². The van der Waals surface area contributed by atoms with Crippen molar-refractivity contribution in [2.24, 2.45) is 11.8 Å². The van der Waals surface area contributed by atoms with Crippen molar-refractivity contribution in [2.75, 3.05) is 26.9 Å². The van der Waals surface area contributed by atoms with Crippen LogP contribution in [-0.4, -0.2) is 87.2 Å². The van der Waals surface area contributed by atoms with Gasteiger partial charge in [0.05, 0.1) is 28.4 Å². The van der Waals surface area contributed by atoms with Crippen molar-refractivity contribution in [3.05, 3.63) is 119 Å². The Morgan fingerprint density at radius 1 is 0.700 bits per heavy atom. The number of hydrogen-bond donors (Lipinski definition) is 7. The molecule has 6 rings (SSSR count). The number of benzene rings is 4. The third-order valence-electron chi connectivity index (χ3n) is 10.3. The van der Waals surface area contributed by atoms with Crippen LogP contribution in [-0.2, 0) is 35.5 Å². The molecule has 318 valence electrons. The van der Waals surface area contributed by atoms with Crippen molar-refractivity contribution >= 4 is 47.4 Å². The number of methoxy groups -OCH3 is 1. The Hall–Kier alpha value is -5.74. The van der Waals surface area contributed by atoms with Crippen LogP contribution in [0.4, 0.5) is 9.59 Å². The van der Waals surface area contributed by atoms with Crippen LogP contribution >= 0.6 is 23.5 Å². The molecule has 0 aliphatic carbocycles. The first-order valence-corrected chi connectivity index (χ1v) is 21.7. The molecule has 2 fully saturated rings. The molecule has 0 saturated carbocycles. The van der Waals surface area contributed by atoms with Gasteiger partial charge in [0.25, 0.3) is 0 Å². The number of nitrogens with one attached hydrogen (secondary N) is 5. The zero-order chi connectivity index (χ0) is 42.6. The largest absolute Gasteiger partial charge is 0.508 e. The predicted molar refractivity (Wildman–Crippen MR) is 233 cm³/mol. The second-order valence-electron chi connectivity index (χ2n) is 15.0. The third kappa shape index (κ3) is 12.6. The smallest absolute Gasteiger partial charge is 0.320 e. The molecule has 2 aliphatic heterocycles. The summed E-state index contributed by atoms with van der Waals surface area (Å²) in [6, 6.07) is 27.7. The van der Waals surface area contributed by atoms with Gasteiger partial charge in [-0.3, -0.25) is 14.5 Å².